The minimum Gasteiger partial charge on any atom is -0.497 e. The molecule has 27 heavy (non-hydrogen) atoms. The van der Waals surface area contributed by atoms with Gasteiger partial charge in [0.05, 0.1) is 18.0 Å². The van der Waals surface area contributed by atoms with Crippen molar-refractivity contribution in [2.24, 2.45) is 0 Å². The minimum absolute atomic E-state index is 0.0757. The molecule has 0 aromatic heterocycles. The second-order valence-corrected chi connectivity index (χ2v) is 7.78. The zero-order chi connectivity index (χ0) is 19.9. The van der Waals surface area contributed by atoms with Gasteiger partial charge in [-0.3, -0.25) is 4.79 Å². The van der Waals surface area contributed by atoms with Crippen molar-refractivity contribution in [3.8, 4) is 5.75 Å². The molecule has 0 fully saturated rings. The molecule has 7 nitrogen and oxygen atoms in total. The zero-order valence-corrected chi connectivity index (χ0v) is 16.5. The number of para-hydroxylation sites is 1. The number of hydrogen-bond acceptors (Lipinski definition) is 5. The van der Waals surface area contributed by atoms with Crippen LogP contribution in [0.1, 0.15) is 6.92 Å². The number of methoxy groups -OCH3 is 1. The van der Waals surface area contributed by atoms with Gasteiger partial charge in [0, 0.05) is 25.8 Å². The first-order chi connectivity index (χ1) is 12.8. The van der Waals surface area contributed by atoms with Crippen molar-refractivity contribution in [1.29, 1.82) is 0 Å². The number of carbonyl (C=O) groups excluding carboxylic acids is 1. The van der Waals surface area contributed by atoms with E-state index in [-0.39, 0.29) is 10.8 Å². The molecule has 2 aromatic rings. The Kier molecular flexibility index (Phi) is 7.20. The Labute approximate surface area is 160 Å². The van der Waals surface area contributed by atoms with Gasteiger partial charge in [-0.2, -0.15) is 4.72 Å². The Morgan fingerprint density at radius 2 is 1.74 bits per heavy atom. The summed E-state index contributed by atoms with van der Waals surface area (Å²) < 4.78 is 32.1. The topological polar surface area (TPSA) is 87.7 Å². The van der Waals surface area contributed by atoms with Crippen LogP contribution in [0.3, 0.4) is 0 Å². The second kappa shape index (κ2) is 9.38. The maximum Gasteiger partial charge on any atom is 0.241 e. The molecule has 146 valence electrons. The first kappa shape index (κ1) is 20.7. The van der Waals surface area contributed by atoms with E-state index >= 15 is 0 Å². The van der Waals surface area contributed by atoms with E-state index in [1.54, 1.807) is 12.1 Å². The number of carbonyl (C=O) groups is 1. The van der Waals surface area contributed by atoms with Crippen molar-refractivity contribution < 1.29 is 17.9 Å². The molecule has 8 heteroatoms. The lowest BCUT2D eigenvalue weighted by Gasteiger charge is -2.20. The monoisotopic (exact) mass is 391 g/mol. The first-order valence-corrected chi connectivity index (χ1v) is 10.0. The third kappa shape index (κ3) is 5.97. The number of rotatable bonds is 9. The molecule has 2 aromatic carbocycles. The smallest absolute Gasteiger partial charge is 0.241 e. The van der Waals surface area contributed by atoms with Crippen molar-refractivity contribution in [1.82, 2.24) is 10.0 Å². The SMILES string of the molecule is COc1ccc(S(=O)(=O)N[C@@H](C)C(=O)NCCN(C)c2ccccc2)cc1. The van der Waals surface area contributed by atoms with Crippen molar-refractivity contribution in [2.45, 2.75) is 17.9 Å². The third-order valence-electron chi connectivity index (χ3n) is 4.04. The second-order valence-electron chi connectivity index (χ2n) is 6.07. The summed E-state index contributed by atoms with van der Waals surface area (Å²) in [4.78, 5) is 14.3. The van der Waals surface area contributed by atoms with Crippen molar-refractivity contribution in [3.63, 3.8) is 0 Å². The van der Waals surface area contributed by atoms with E-state index in [1.165, 1.54) is 26.2 Å². The molecule has 0 heterocycles. The Bertz CT molecular complexity index is 839. The minimum atomic E-state index is -3.79. The quantitative estimate of drug-likeness (QED) is 0.678. The van der Waals surface area contributed by atoms with Crippen LogP contribution in [0.4, 0.5) is 5.69 Å². The van der Waals surface area contributed by atoms with Crippen LogP contribution in [0.5, 0.6) is 5.75 Å². The van der Waals surface area contributed by atoms with Gasteiger partial charge in [-0.1, -0.05) is 18.2 Å². The van der Waals surface area contributed by atoms with Crippen LogP contribution < -0.4 is 19.7 Å². The van der Waals surface area contributed by atoms with Gasteiger partial charge in [0.15, 0.2) is 0 Å². The largest absolute Gasteiger partial charge is 0.497 e. The van der Waals surface area contributed by atoms with E-state index in [4.69, 9.17) is 4.74 Å². The van der Waals surface area contributed by atoms with Crippen LogP contribution in [0, 0.1) is 0 Å². The zero-order valence-electron chi connectivity index (χ0n) is 15.7. The van der Waals surface area contributed by atoms with Gasteiger partial charge in [-0.15, -0.1) is 0 Å². The van der Waals surface area contributed by atoms with Crippen molar-refractivity contribution >= 4 is 21.6 Å². The summed E-state index contributed by atoms with van der Waals surface area (Å²) in [6, 6.07) is 14.9. The normalized spacial score (nSPS) is 12.3. The predicted octanol–water partition coefficient (Wildman–Crippen LogP) is 1.61. The summed E-state index contributed by atoms with van der Waals surface area (Å²) >= 11 is 0. The number of anilines is 1. The summed E-state index contributed by atoms with van der Waals surface area (Å²) in [5.74, 6) is 0.177. The maximum atomic E-state index is 12.4. The van der Waals surface area contributed by atoms with E-state index in [0.717, 1.165) is 5.69 Å². The number of sulfonamides is 1. The highest BCUT2D eigenvalue weighted by Crippen LogP contribution is 2.15. The molecule has 1 amide bonds. The fraction of sp³-hybridized carbons (Fsp3) is 0.316. The highest BCUT2D eigenvalue weighted by molar-refractivity contribution is 7.89. The average Bonchev–Trinajstić information content (AvgIpc) is 2.68. The number of ether oxygens (including phenoxy) is 1. The molecule has 2 N–H and O–H groups in total. The van der Waals surface area contributed by atoms with Crippen molar-refractivity contribution in [2.75, 3.05) is 32.1 Å². The van der Waals surface area contributed by atoms with E-state index in [1.807, 2.05) is 42.3 Å². The number of nitrogens with one attached hydrogen (secondary N) is 2. The Hall–Kier alpha value is -2.58. The fourth-order valence-corrected chi connectivity index (χ4v) is 3.62. The molecule has 2 rings (SSSR count). The van der Waals surface area contributed by atoms with Gasteiger partial charge >= 0.3 is 0 Å². The fourth-order valence-electron chi connectivity index (χ4n) is 2.42. The Morgan fingerprint density at radius 1 is 1.11 bits per heavy atom. The highest BCUT2D eigenvalue weighted by atomic mass is 32.2. The van der Waals surface area contributed by atoms with Crippen LogP contribution in [-0.2, 0) is 14.8 Å². The van der Waals surface area contributed by atoms with Gasteiger partial charge in [-0.25, -0.2) is 8.42 Å². The molecule has 0 bridgehead atoms. The molecule has 0 saturated carbocycles. The van der Waals surface area contributed by atoms with Crippen molar-refractivity contribution in [3.05, 3.63) is 54.6 Å². The van der Waals surface area contributed by atoms with Gasteiger partial charge in [0.2, 0.25) is 15.9 Å². The van der Waals surface area contributed by atoms with E-state index in [0.29, 0.717) is 18.8 Å². The number of benzene rings is 2. The third-order valence-corrected chi connectivity index (χ3v) is 5.59. The lowest BCUT2D eigenvalue weighted by Crippen LogP contribution is -2.46. The number of amides is 1. The number of nitrogens with zero attached hydrogens (tertiary/aromatic N) is 1. The summed E-state index contributed by atoms with van der Waals surface area (Å²) in [6.45, 7) is 2.52. The van der Waals surface area contributed by atoms with Gasteiger partial charge in [0.25, 0.3) is 0 Å². The molecule has 0 aliphatic rings. The standard InChI is InChI=1S/C19H25N3O4S/c1-15(21-27(24,25)18-11-9-17(26-3)10-12-18)19(23)20-13-14-22(2)16-7-5-4-6-8-16/h4-12,15,21H,13-14H2,1-3H3,(H,20,23)/t15-/m0/s1. The molecule has 0 aliphatic carbocycles. The first-order valence-electron chi connectivity index (χ1n) is 8.54. The molecular weight excluding hydrogens is 366 g/mol. The summed E-state index contributed by atoms with van der Waals surface area (Å²) in [7, 11) is -0.359. The molecule has 0 aliphatic heterocycles. The van der Waals surface area contributed by atoms with E-state index < -0.39 is 16.1 Å². The van der Waals surface area contributed by atoms with E-state index in [2.05, 4.69) is 10.0 Å². The van der Waals surface area contributed by atoms with Crippen LogP contribution in [0.15, 0.2) is 59.5 Å². The summed E-state index contributed by atoms with van der Waals surface area (Å²) in [5.41, 5.74) is 1.04. The molecule has 1 atom stereocenters. The summed E-state index contributed by atoms with van der Waals surface area (Å²) in [5, 5.41) is 2.75. The van der Waals surface area contributed by atoms with Gasteiger partial charge in [-0.05, 0) is 43.3 Å². The van der Waals surface area contributed by atoms with Gasteiger partial charge in [0.1, 0.15) is 5.75 Å². The Balaban J connectivity index is 1.85. The predicted molar refractivity (Wildman–Crippen MR) is 105 cm³/mol. The number of likely N-dealkylation sites (N-methyl/N-ethyl adjacent to an activating group) is 1. The van der Waals surface area contributed by atoms with Crippen LogP contribution >= 0.6 is 0 Å². The molecule has 0 saturated heterocycles. The van der Waals surface area contributed by atoms with Crippen LogP contribution in [0.2, 0.25) is 0 Å². The van der Waals surface area contributed by atoms with E-state index in [9.17, 15) is 13.2 Å². The maximum absolute atomic E-state index is 12.4. The summed E-state index contributed by atoms with van der Waals surface area (Å²) in [6.07, 6.45) is 0. The molecule has 0 unspecified atom stereocenters. The number of hydrogen-bond donors (Lipinski definition) is 2. The average molecular weight is 391 g/mol. The molecule has 0 radical (unpaired) electrons. The van der Waals surface area contributed by atoms with Gasteiger partial charge < -0.3 is 15.0 Å². The lowest BCUT2D eigenvalue weighted by atomic mass is 10.3. The molecular formula is C19H25N3O4S. The van der Waals surface area contributed by atoms with Crippen LogP contribution in [-0.4, -0.2) is 47.6 Å². The van der Waals surface area contributed by atoms with Crippen LogP contribution in [0.25, 0.3) is 0 Å². The Morgan fingerprint density at radius 3 is 2.33 bits per heavy atom. The highest BCUT2D eigenvalue weighted by Gasteiger charge is 2.21. The molecule has 0 spiro atoms. The lowest BCUT2D eigenvalue weighted by molar-refractivity contribution is -0.122.